The number of halogens is 1. The normalized spacial score (nSPS) is 16.4. The van der Waals surface area contributed by atoms with Gasteiger partial charge in [0.25, 0.3) is 0 Å². The van der Waals surface area contributed by atoms with Crippen LogP contribution < -0.4 is 10.1 Å². The third kappa shape index (κ3) is 4.53. The Morgan fingerprint density at radius 3 is 2.77 bits per heavy atom. The van der Waals surface area contributed by atoms with Crippen LogP contribution in [0.5, 0.6) is 5.75 Å². The zero-order chi connectivity index (χ0) is 20.2. The van der Waals surface area contributed by atoms with Gasteiger partial charge in [0, 0.05) is 17.7 Å². The minimum atomic E-state index is 0. The van der Waals surface area contributed by atoms with E-state index in [-0.39, 0.29) is 18.1 Å². The summed E-state index contributed by atoms with van der Waals surface area (Å²) in [5.41, 5.74) is 3.33. The Morgan fingerprint density at radius 1 is 1.20 bits per heavy atom. The molecule has 4 rings (SSSR count). The summed E-state index contributed by atoms with van der Waals surface area (Å²) in [4.78, 5) is 10.6. The second-order valence-corrected chi connectivity index (χ2v) is 7.14. The van der Waals surface area contributed by atoms with Gasteiger partial charge in [0.05, 0.1) is 25.2 Å². The summed E-state index contributed by atoms with van der Waals surface area (Å²) in [5, 5.41) is 19.2. The molecule has 1 aliphatic rings. The van der Waals surface area contributed by atoms with Gasteiger partial charge in [0.2, 0.25) is 0 Å². The van der Waals surface area contributed by atoms with Crippen LogP contribution in [0.25, 0.3) is 11.3 Å². The number of nitrogens with one attached hydrogen (secondary N) is 2. The summed E-state index contributed by atoms with van der Waals surface area (Å²) in [5.74, 6) is 1.94. The number of likely N-dealkylation sites (tertiary alicyclic amines) is 1. The lowest BCUT2D eigenvalue weighted by atomic mass is 9.94. The number of aromatic amines is 1. The lowest BCUT2D eigenvalue weighted by Crippen LogP contribution is -2.29. The van der Waals surface area contributed by atoms with Gasteiger partial charge in [-0.05, 0) is 44.1 Å². The molecule has 1 saturated heterocycles. The van der Waals surface area contributed by atoms with Crippen molar-refractivity contribution < 1.29 is 4.74 Å². The van der Waals surface area contributed by atoms with Gasteiger partial charge < -0.3 is 10.1 Å². The van der Waals surface area contributed by atoms with E-state index in [0.29, 0.717) is 17.7 Å². The maximum absolute atomic E-state index is 8.81. The molecule has 2 aromatic heterocycles. The van der Waals surface area contributed by atoms with E-state index in [2.05, 4.69) is 55.6 Å². The molecule has 0 aliphatic carbocycles. The number of nitriles is 1. The minimum absolute atomic E-state index is 0. The highest BCUT2D eigenvalue weighted by Gasteiger charge is 2.22. The zero-order valence-electron chi connectivity index (χ0n) is 16.9. The summed E-state index contributed by atoms with van der Waals surface area (Å²) in [6.45, 7) is 1.13. The molecule has 0 amide bonds. The molecule has 2 N–H and O–H groups in total. The predicted molar refractivity (Wildman–Crippen MR) is 117 cm³/mol. The van der Waals surface area contributed by atoms with Gasteiger partial charge in [-0.1, -0.05) is 12.5 Å². The number of nitrogens with zero attached hydrogens (tertiary/aromatic N) is 5. The van der Waals surface area contributed by atoms with Crippen LogP contribution in [0.3, 0.4) is 0 Å². The lowest BCUT2D eigenvalue weighted by molar-refractivity contribution is 0.187. The summed E-state index contributed by atoms with van der Waals surface area (Å²) < 4.78 is 5.68. The van der Waals surface area contributed by atoms with E-state index in [9.17, 15) is 0 Å². The fourth-order valence-corrected chi connectivity index (χ4v) is 3.74. The quantitative estimate of drug-likeness (QED) is 0.635. The van der Waals surface area contributed by atoms with Crippen molar-refractivity contribution in [2.45, 2.75) is 25.3 Å². The van der Waals surface area contributed by atoms with Gasteiger partial charge in [-0.25, -0.2) is 9.97 Å². The average molecular weight is 426 g/mol. The number of rotatable bonds is 5. The first kappa shape index (κ1) is 21.6. The van der Waals surface area contributed by atoms with Gasteiger partial charge >= 0.3 is 0 Å². The molecule has 1 unspecified atom stereocenters. The average Bonchev–Trinajstić information content (AvgIpc) is 3.22. The Hall–Kier alpha value is -3.15. The van der Waals surface area contributed by atoms with Crippen molar-refractivity contribution in [1.29, 1.82) is 5.26 Å². The molecular formula is C21H24ClN7O. The number of ether oxygens (including phenoxy) is 1. The van der Waals surface area contributed by atoms with Gasteiger partial charge in [-0.3, -0.25) is 10.00 Å². The summed E-state index contributed by atoms with van der Waals surface area (Å²) in [6.07, 6.45) is 6.61. The molecule has 1 fully saturated rings. The second-order valence-electron chi connectivity index (χ2n) is 7.14. The molecule has 8 nitrogen and oxygen atoms in total. The van der Waals surface area contributed by atoms with Crippen molar-refractivity contribution in [2.24, 2.45) is 0 Å². The van der Waals surface area contributed by atoms with Gasteiger partial charge in [-0.2, -0.15) is 10.4 Å². The molecule has 9 heteroatoms. The van der Waals surface area contributed by atoms with Crippen LogP contribution in [0.2, 0.25) is 0 Å². The number of benzene rings is 1. The van der Waals surface area contributed by atoms with E-state index in [1.807, 2.05) is 12.1 Å². The highest BCUT2D eigenvalue weighted by molar-refractivity contribution is 5.85. The Morgan fingerprint density at radius 2 is 2.07 bits per heavy atom. The Bertz CT molecular complexity index is 1030. The number of hydrogen-bond acceptors (Lipinski definition) is 7. The van der Waals surface area contributed by atoms with Gasteiger partial charge in [0.15, 0.2) is 11.5 Å². The predicted octanol–water partition coefficient (Wildman–Crippen LogP) is 4.07. The number of methoxy groups -OCH3 is 1. The molecule has 3 aromatic rings. The third-order valence-corrected chi connectivity index (χ3v) is 5.27. The smallest absolute Gasteiger partial charge is 0.158 e. The van der Waals surface area contributed by atoms with E-state index < -0.39 is 0 Å². The first-order valence-corrected chi connectivity index (χ1v) is 9.61. The molecule has 30 heavy (non-hydrogen) atoms. The van der Waals surface area contributed by atoms with Crippen LogP contribution in [0.1, 0.15) is 36.6 Å². The molecule has 1 aromatic carbocycles. The molecule has 0 saturated carbocycles. The number of anilines is 2. The van der Waals surface area contributed by atoms with E-state index in [1.165, 1.54) is 37.2 Å². The first-order valence-electron chi connectivity index (χ1n) is 9.61. The largest absolute Gasteiger partial charge is 0.496 e. The second kappa shape index (κ2) is 9.57. The SMILES string of the molecule is COc1cc(C2CCCCN2C)ccc1-c1cc(Nc2cnc(C#N)cn2)n[nH]1.Cl. The fraction of sp³-hybridized carbons (Fsp3) is 0.333. The molecule has 1 aliphatic heterocycles. The van der Waals surface area contributed by atoms with Crippen molar-refractivity contribution in [3.63, 3.8) is 0 Å². The summed E-state index contributed by atoms with van der Waals surface area (Å²) in [7, 11) is 3.87. The van der Waals surface area contributed by atoms with Crippen LogP contribution in [-0.2, 0) is 0 Å². The minimum Gasteiger partial charge on any atom is -0.496 e. The monoisotopic (exact) mass is 425 g/mol. The molecule has 0 radical (unpaired) electrons. The lowest BCUT2D eigenvalue weighted by Gasteiger charge is -2.33. The highest BCUT2D eigenvalue weighted by Crippen LogP contribution is 2.36. The van der Waals surface area contributed by atoms with Gasteiger partial charge in [0.1, 0.15) is 17.6 Å². The maximum atomic E-state index is 8.81. The first-order chi connectivity index (χ1) is 14.2. The number of aromatic nitrogens is 4. The van der Waals surface area contributed by atoms with Crippen LogP contribution in [0, 0.1) is 11.3 Å². The van der Waals surface area contributed by atoms with E-state index in [4.69, 9.17) is 10.00 Å². The molecule has 1 atom stereocenters. The van der Waals surface area contributed by atoms with Crippen LogP contribution >= 0.6 is 12.4 Å². The molecule has 0 bridgehead atoms. The van der Waals surface area contributed by atoms with E-state index in [0.717, 1.165) is 23.6 Å². The van der Waals surface area contributed by atoms with Crippen LogP contribution in [-0.4, -0.2) is 45.8 Å². The van der Waals surface area contributed by atoms with Crippen molar-refractivity contribution >= 4 is 24.0 Å². The van der Waals surface area contributed by atoms with Crippen molar-refractivity contribution in [2.75, 3.05) is 26.0 Å². The van der Waals surface area contributed by atoms with E-state index in [1.54, 1.807) is 7.11 Å². The number of hydrogen-bond donors (Lipinski definition) is 2. The van der Waals surface area contributed by atoms with Crippen molar-refractivity contribution in [1.82, 2.24) is 25.1 Å². The molecular weight excluding hydrogens is 402 g/mol. The topological polar surface area (TPSA) is 103 Å². The summed E-state index contributed by atoms with van der Waals surface area (Å²) >= 11 is 0. The van der Waals surface area contributed by atoms with Crippen molar-refractivity contribution in [3.05, 3.63) is 47.9 Å². The van der Waals surface area contributed by atoms with Crippen LogP contribution in [0.15, 0.2) is 36.7 Å². The zero-order valence-corrected chi connectivity index (χ0v) is 17.7. The standard InChI is InChI=1S/C21H23N7O.ClH/c1-28-8-4-3-5-18(28)14-6-7-16(19(9-14)29-2)17-10-20(27-26-17)25-21-13-23-15(11-22)12-24-21;/h6-7,9-10,12-13,18H,3-5,8H2,1-2H3,(H2,24,25,26,27);1H. The molecule has 156 valence electrons. The van der Waals surface area contributed by atoms with E-state index >= 15 is 0 Å². The number of piperidine rings is 1. The molecule has 0 spiro atoms. The van der Waals surface area contributed by atoms with Gasteiger partial charge in [-0.15, -0.1) is 12.4 Å². The Labute approximate surface area is 181 Å². The highest BCUT2D eigenvalue weighted by atomic mass is 35.5. The van der Waals surface area contributed by atoms with Crippen LogP contribution in [0.4, 0.5) is 11.6 Å². The number of H-pyrrole nitrogens is 1. The van der Waals surface area contributed by atoms with Crippen molar-refractivity contribution in [3.8, 4) is 23.1 Å². The third-order valence-electron chi connectivity index (χ3n) is 5.27. The Balaban J connectivity index is 0.00000256. The molecule has 3 heterocycles. The summed E-state index contributed by atoms with van der Waals surface area (Å²) in [6, 6.07) is 10.6. The fourth-order valence-electron chi connectivity index (χ4n) is 3.74. The maximum Gasteiger partial charge on any atom is 0.158 e. The Kier molecular flexibility index (Phi) is 6.87.